The van der Waals surface area contributed by atoms with Gasteiger partial charge in [-0.3, -0.25) is 0 Å². The Morgan fingerprint density at radius 3 is 3.05 bits per heavy atom. The molecule has 1 aliphatic heterocycles. The molecule has 2 heterocycles. The largest absolute Gasteiger partial charge is 0.496 e. The number of aromatic nitrogens is 2. The Morgan fingerprint density at radius 1 is 1.42 bits per heavy atom. The van der Waals surface area contributed by atoms with Crippen LogP contribution < -0.4 is 4.74 Å². The quantitative estimate of drug-likeness (QED) is 0.919. The Morgan fingerprint density at radius 2 is 2.26 bits per heavy atom. The molecule has 3 rings (SSSR count). The monoisotopic (exact) mass is 258 g/mol. The molecule has 1 N–H and O–H groups in total. The Bertz CT molecular complexity index is 577. The number of para-hydroxylation sites is 1. The molecule has 4 nitrogen and oxygen atoms in total. The fourth-order valence-corrected chi connectivity index (χ4v) is 2.64. The third-order valence-corrected chi connectivity index (χ3v) is 3.60. The lowest BCUT2D eigenvalue weighted by atomic mass is 10.1. The SMILES string of the molecule is COc1ccccc1Cc1cn2c(n1)C(O)CCC2. The molecule has 0 radical (unpaired) electrons. The van der Waals surface area contributed by atoms with Crippen LogP contribution in [-0.4, -0.2) is 21.8 Å². The molecule has 0 fully saturated rings. The third kappa shape index (κ3) is 2.36. The zero-order valence-electron chi connectivity index (χ0n) is 11.0. The number of ether oxygens (including phenoxy) is 1. The minimum absolute atomic E-state index is 0.417. The molecule has 0 saturated carbocycles. The summed E-state index contributed by atoms with van der Waals surface area (Å²) in [6, 6.07) is 7.97. The predicted octanol–water partition coefficient (Wildman–Crippen LogP) is 2.31. The summed E-state index contributed by atoms with van der Waals surface area (Å²) in [7, 11) is 1.68. The zero-order chi connectivity index (χ0) is 13.2. The highest BCUT2D eigenvalue weighted by molar-refractivity contribution is 5.36. The maximum atomic E-state index is 9.93. The van der Waals surface area contributed by atoms with Gasteiger partial charge in [0, 0.05) is 24.7 Å². The molecule has 0 aliphatic carbocycles. The van der Waals surface area contributed by atoms with E-state index in [9.17, 15) is 5.11 Å². The number of nitrogens with zero attached hydrogens (tertiary/aromatic N) is 2. The van der Waals surface area contributed by atoms with Crippen LogP contribution in [0.3, 0.4) is 0 Å². The van der Waals surface area contributed by atoms with Gasteiger partial charge in [-0.25, -0.2) is 4.98 Å². The van der Waals surface area contributed by atoms with Gasteiger partial charge in [0.15, 0.2) is 0 Å². The first-order valence-corrected chi connectivity index (χ1v) is 6.64. The highest BCUT2D eigenvalue weighted by Gasteiger charge is 2.20. The summed E-state index contributed by atoms with van der Waals surface area (Å²) in [6.07, 6.45) is 4.19. The smallest absolute Gasteiger partial charge is 0.137 e. The van der Waals surface area contributed by atoms with Crippen molar-refractivity contribution in [1.82, 2.24) is 9.55 Å². The second-order valence-electron chi connectivity index (χ2n) is 4.93. The highest BCUT2D eigenvalue weighted by Crippen LogP contribution is 2.26. The van der Waals surface area contributed by atoms with Gasteiger partial charge in [-0.2, -0.15) is 0 Å². The molecule has 19 heavy (non-hydrogen) atoms. The average Bonchev–Trinajstić information content (AvgIpc) is 2.83. The average molecular weight is 258 g/mol. The molecule has 100 valence electrons. The van der Waals surface area contributed by atoms with E-state index in [1.54, 1.807) is 7.11 Å². The number of hydrogen-bond donors (Lipinski definition) is 1. The van der Waals surface area contributed by atoms with Gasteiger partial charge in [0.2, 0.25) is 0 Å². The molecule has 0 saturated heterocycles. The second-order valence-corrected chi connectivity index (χ2v) is 4.93. The molecule has 1 atom stereocenters. The van der Waals surface area contributed by atoms with Crippen molar-refractivity contribution >= 4 is 0 Å². The fraction of sp³-hybridized carbons (Fsp3) is 0.400. The van der Waals surface area contributed by atoms with Crippen LogP contribution in [0.4, 0.5) is 0 Å². The van der Waals surface area contributed by atoms with Crippen LogP contribution in [0.5, 0.6) is 5.75 Å². The number of rotatable bonds is 3. The lowest BCUT2D eigenvalue weighted by Gasteiger charge is -2.18. The minimum atomic E-state index is -0.417. The maximum absolute atomic E-state index is 9.93. The maximum Gasteiger partial charge on any atom is 0.137 e. The van der Waals surface area contributed by atoms with Crippen LogP contribution in [0.2, 0.25) is 0 Å². The number of hydrogen-bond acceptors (Lipinski definition) is 3. The summed E-state index contributed by atoms with van der Waals surface area (Å²) in [6.45, 7) is 0.950. The van der Waals surface area contributed by atoms with Crippen molar-refractivity contribution in [1.29, 1.82) is 0 Å². The molecule has 4 heteroatoms. The van der Waals surface area contributed by atoms with Gasteiger partial charge >= 0.3 is 0 Å². The van der Waals surface area contributed by atoms with E-state index in [0.29, 0.717) is 0 Å². The number of methoxy groups -OCH3 is 1. The van der Waals surface area contributed by atoms with Crippen LogP contribution in [0.15, 0.2) is 30.5 Å². The zero-order valence-corrected chi connectivity index (χ0v) is 11.0. The van der Waals surface area contributed by atoms with Crippen molar-refractivity contribution in [3.63, 3.8) is 0 Å². The predicted molar refractivity (Wildman–Crippen MR) is 72.2 cm³/mol. The van der Waals surface area contributed by atoms with Gasteiger partial charge in [-0.1, -0.05) is 18.2 Å². The number of imidazole rings is 1. The summed E-state index contributed by atoms with van der Waals surface area (Å²) < 4.78 is 7.43. The van der Waals surface area contributed by atoms with E-state index in [0.717, 1.165) is 48.6 Å². The van der Waals surface area contributed by atoms with Crippen molar-refractivity contribution in [2.24, 2.45) is 0 Å². The van der Waals surface area contributed by atoms with E-state index < -0.39 is 6.10 Å². The van der Waals surface area contributed by atoms with Crippen molar-refractivity contribution in [3.05, 3.63) is 47.5 Å². The summed E-state index contributed by atoms with van der Waals surface area (Å²) in [5.41, 5.74) is 2.11. The molecule has 1 aromatic heterocycles. The van der Waals surface area contributed by atoms with Crippen LogP contribution in [0.1, 0.15) is 36.0 Å². The number of aryl methyl sites for hydroxylation is 1. The van der Waals surface area contributed by atoms with Gasteiger partial charge < -0.3 is 14.4 Å². The molecule has 0 bridgehead atoms. The van der Waals surface area contributed by atoms with Crippen LogP contribution >= 0.6 is 0 Å². The first-order valence-electron chi connectivity index (χ1n) is 6.64. The van der Waals surface area contributed by atoms with Gasteiger partial charge in [-0.15, -0.1) is 0 Å². The molecule has 1 aliphatic rings. The topological polar surface area (TPSA) is 47.3 Å². The first-order chi connectivity index (χ1) is 9.28. The van der Waals surface area contributed by atoms with E-state index in [-0.39, 0.29) is 0 Å². The van der Waals surface area contributed by atoms with Gasteiger partial charge in [0.05, 0.1) is 12.8 Å². The van der Waals surface area contributed by atoms with Gasteiger partial charge in [0.1, 0.15) is 17.7 Å². The molecule has 2 aromatic rings. The number of benzene rings is 1. The first kappa shape index (κ1) is 12.2. The van der Waals surface area contributed by atoms with E-state index in [2.05, 4.69) is 9.55 Å². The molecular weight excluding hydrogens is 240 g/mol. The minimum Gasteiger partial charge on any atom is -0.496 e. The van der Waals surface area contributed by atoms with Crippen LogP contribution in [0, 0.1) is 0 Å². The standard InChI is InChI=1S/C15H18N2O2/c1-19-14-7-3-2-5-11(14)9-12-10-17-8-4-6-13(18)15(17)16-12/h2-3,5,7,10,13,18H,4,6,8-9H2,1H3. The van der Waals surface area contributed by atoms with Crippen molar-refractivity contribution in [2.75, 3.05) is 7.11 Å². The summed E-state index contributed by atoms with van der Waals surface area (Å²) >= 11 is 0. The summed E-state index contributed by atoms with van der Waals surface area (Å²) in [5.74, 6) is 1.69. The summed E-state index contributed by atoms with van der Waals surface area (Å²) in [5, 5.41) is 9.93. The second kappa shape index (κ2) is 5.05. The molecular formula is C15H18N2O2. The number of aliphatic hydroxyl groups is 1. The normalized spacial score (nSPS) is 18.1. The van der Waals surface area contributed by atoms with Crippen molar-refractivity contribution in [3.8, 4) is 5.75 Å². The fourth-order valence-electron chi connectivity index (χ4n) is 2.64. The van der Waals surface area contributed by atoms with E-state index in [1.165, 1.54) is 0 Å². The van der Waals surface area contributed by atoms with Gasteiger partial charge in [-0.05, 0) is 18.9 Å². The van der Waals surface area contributed by atoms with E-state index in [1.807, 2.05) is 30.5 Å². The van der Waals surface area contributed by atoms with Gasteiger partial charge in [0.25, 0.3) is 0 Å². The molecule has 1 aromatic carbocycles. The molecule has 0 amide bonds. The van der Waals surface area contributed by atoms with Crippen molar-refractivity contribution < 1.29 is 9.84 Å². The molecule has 1 unspecified atom stereocenters. The van der Waals surface area contributed by atoms with Crippen LogP contribution in [0.25, 0.3) is 0 Å². The Labute approximate surface area is 112 Å². The Hall–Kier alpha value is -1.81. The van der Waals surface area contributed by atoms with E-state index in [4.69, 9.17) is 4.74 Å². The summed E-state index contributed by atoms with van der Waals surface area (Å²) in [4.78, 5) is 4.56. The lowest BCUT2D eigenvalue weighted by Crippen LogP contribution is -2.14. The third-order valence-electron chi connectivity index (χ3n) is 3.60. The molecule has 0 spiro atoms. The Balaban J connectivity index is 1.88. The lowest BCUT2D eigenvalue weighted by molar-refractivity contribution is 0.133. The number of aliphatic hydroxyl groups excluding tert-OH is 1. The Kier molecular flexibility index (Phi) is 3.25. The van der Waals surface area contributed by atoms with Crippen LogP contribution in [-0.2, 0) is 13.0 Å². The number of fused-ring (bicyclic) bond motifs is 1. The van der Waals surface area contributed by atoms with Crippen molar-refractivity contribution in [2.45, 2.75) is 31.9 Å². The van der Waals surface area contributed by atoms with E-state index >= 15 is 0 Å². The highest BCUT2D eigenvalue weighted by atomic mass is 16.5.